The first-order valence-electron chi connectivity index (χ1n) is 9.08. The first-order valence-corrected chi connectivity index (χ1v) is 9.08. The summed E-state index contributed by atoms with van der Waals surface area (Å²) in [7, 11) is 5.85. The van der Waals surface area contributed by atoms with E-state index in [4.69, 9.17) is 18.9 Å². The standard InChI is InChI=1S/C22H20O6/c1-25-13-9-10-14(26-2)17-15(13)16-11-7-5-6-8-12(11)18-21(16,19(23)27-3)22(17,18)20(24)28-4/h5-10,16,18H,1-4H3. The van der Waals surface area contributed by atoms with E-state index < -0.39 is 22.8 Å². The van der Waals surface area contributed by atoms with Gasteiger partial charge >= 0.3 is 11.9 Å². The van der Waals surface area contributed by atoms with E-state index in [0.29, 0.717) is 17.1 Å². The highest BCUT2D eigenvalue weighted by atomic mass is 16.5. The second-order valence-electron chi connectivity index (χ2n) is 7.41. The van der Waals surface area contributed by atoms with Crippen molar-refractivity contribution in [3.63, 3.8) is 0 Å². The Bertz CT molecular complexity index is 1040. The van der Waals surface area contributed by atoms with Gasteiger partial charge in [0.2, 0.25) is 0 Å². The Morgan fingerprint density at radius 2 is 1.43 bits per heavy atom. The molecule has 0 radical (unpaired) electrons. The van der Waals surface area contributed by atoms with E-state index in [1.165, 1.54) is 14.2 Å². The van der Waals surface area contributed by atoms with Gasteiger partial charge in [-0.2, -0.15) is 0 Å². The second-order valence-corrected chi connectivity index (χ2v) is 7.41. The number of benzene rings is 2. The molecule has 6 heteroatoms. The summed E-state index contributed by atoms with van der Waals surface area (Å²) in [5.41, 5.74) is 1.22. The summed E-state index contributed by atoms with van der Waals surface area (Å²) in [5, 5.41) is 0. The Balaban J connectivity index is 1.96. The lowest BCUT2D eigenvalue weighted by molar-refractivity contribution is -0.154. The number of esters is 2. The van der Waals surface area contributed by atoms with Crippen molar-refractivity contribution in [2.45, 2.75) is 17.3 Å². The zero-order valence-electron chi connectivity index (χ0n) is 16.1. The summed E-state index contributed by atoms with van der Waals surface area (Å²) in [6.07, 6.45) is 0. The van der Waals surface area contributed by atoms with Gasteiger partial charge < -0.3 is 18.9 Å². The van der Waals surface area contributed by atoms with Gasteiger partial charge in [0.1, 0.15) is 22.3 Å². The molecule has 0 spiro atoms. The number of carbonyl (C=O) groups is 2. The number of hydrogen-bond donors (Lipinski definition) is 0. The fourth-order valence-electron chi connectivity index (χ4n) is 6.12. The molecular weight excluding hydrogens is 360 g/mol. The van der Waals surface area contributed by atoms with E-state index in [1.807, 2.05) is 30.3 Å². The third-order valence-electron chi connectivity index (χ3n) is 6.85. The third kappa shape index (κ3) is 1.43. The van der Waals surface area contributed by atoms with Crippen LogP contribution >= 0.6 is 0 Å². The number of hydrogen-bond acceptors (Lipinski definition) is 6. The maximum Gasteiger partial charge on any atom is 0.318 e. The van der Waals surface area contributed by atoms with E-state index in [1.54, 1.807) is 20.3 Å². The van der Waals surface area contributed by atoms with Gasteiger partial charge in [-0.05, 0) is 23.3 Å². The van der Waals surface area contributed by atoms with Gasteiger partial charge in [0.15, 0.2) is 0 Å². The van der Waals surface area contributed by atoms with E-state index in [2.05, 4.69) is 0 Å². The lowest BCUT2D eigenvalue weighted by atomic mass is 9.82. The molecule has 0 amide bonds. The van der Waals surface area contributed by atoms with Crippen LogP contribution in [-0.2, 0) is 24.5 Å². The highest BCUT2D eigenvalue weighted by Crippen LogP contribution is 2.91. The molecule has 0 aromatic heterocycles. The van der Waals surface area contributed by atoms with Crippen LogP contribution in [0.5, 0.6) is 11.5 Å². The van der Waals surface area contributed by atoms with Crippen molar-refractivity contribution >= 4 is 11.9 Å². The molecule has 0 N–H and O–H groups in total. The molecule has 0 aliphatic heterocycles. The first kappa shape index (κ1) is 17.1. The van der Waals surface area contributed by atoms with E-state index in [9.17, 15) is 9.59 Å². The molecule has 0 heterocycles. The summed E-state index contributed by atoms with van der Waals surface area (Å²) in [4.78, 5) is 26.6. The van der Waals surface area contributed by atoms with Crippen LogP contribution in [0.1, 0.15) is 34.1 Å². The number of methoxy groups -OCH3 is 4. The van der Waals surface area contributed by atoms with Crippen molar-refractivity contribution in [3.8, 4) is 11.5 Å². The monoisotopic (exact) mass is 380 g/mol. The predicted molar refractivity (Wildman–Crippen MR) is 98.7 cm³/mol. The molecule has 28 heavy (non-hydrogen) atoms. The molecule has 144 valence electrons. The van der Waals surface area contributed by atoms with Gasteiger partial charge in [-0.25, -0.2) is 0 Å². The Hall–Kier alpha value is -3.02. The number of fused-ring (bicyclic) bond motifs is 7. The number of rotatable bonds is 4. The summed E-state index contributed by atoms with van der Waals surface area (Å²) in [6, 6.07) is 11.4. The molecule has 4 atom stereocenters. The number of carbonyl (C=O) groups excluding carboxylic acids is 2. The fourth-order valence-corrected chi connectivity index (χ4v) is 6.12. The SMILES string of the molecule is COC(=O)C12c3c(OC)ccc(OC)c3C3c4ccccc4C1C32C(=O)OC. The molecule has 0 bridgehead atoms. The molecule has 1 saturated carbocycles. The number of ether oxygens (including phenoxy) is 4. The molecule has 4 unspecified atom stereocenters. The molecule has 2 aromatic carbocycles. The van der Waals surface area contributed by atoms with Crippen LogP contribution in [0.25, 0.3) is 0 Å². The smallest absolute Gasteiger partial charge is 0.318 e. The molecule has 0 saturated heterocycles. The minimum atomic E-state index is -1.18. The minimum Gasteiger partial charge on any atom is -0.496 e. The zero-order chi connectivity index (χ0) is 19.8. The van der Waals surface area contributed by atoms with Crippen LogP contribution in [0.3, 0.4) is 0 Å². The Morgan fingerprint density at radius 1 is 0.821 bits per heavy atom. The van der Waals surface area contributed by atoms with Crippen molar-refractivity contribution in [1.82, 2.24) is 0 Å². The zero-order valence-corrected chi connectivity index (χ0v) is 16.1. The summed E-state index contributed by atoms with van der Waals surface area (Å²) >= 11 is 0. The average molecular weight is 380 g/mol. The first-order chi connectivity index (χ1) is 13.6. The van der Waals surface area contributed by atoms with Gasteiger partial charge in [-0.1, -0.05) is 24.3 Å². The lowest BCUT2D eigenvalue weighted by Gasteiger charge is -2.21. The van der Waals surface area contributed by atoms with Gasteiger partial charge in [0.05, 0.1) is 28.4 Å². The summed E-state index contributed by atoms with van der Waals surface area (Å²) in [5.74, 6) is -0.408. The van der Waals surface area contributed by atoms with E-state index in [0.717, 1.165) is 16.7 Å². The quantitative estimate of drug-likeness (QED) is 0.759. The Morgan fingerprint density at radius 3 is 2.04 bits per heavy atom. The van der Waals surface area contributed by atoms with Crippen molar-refractivity contribution in [3.05, 3.63) is 58.7 Å². The largest absolute Gasteiger partial charge is 0.496 e. The van der Waals surface area contributed by atoms with Crippen LogP contribution in [0.2, 0.25) is 0 Å². The van der Waals surface area contributed by atoms with Crippen molar-refractivity contribution in [2.75, 3.05) is 28.4 Å². The highest BCUT2D eigenvalue weighted by molar-refractivity contribution is 6.09. The van der Waals surface area contributed by atoms with Crippen molar-refractivity contribution < 1.29 is 28.5 Å². The van der Waals surface area contributed by atoms with Crippen LogP contribution in [-0.4, -0.2) is 40.4 Å². The predicted octanol–water partition coefficient (Wildman–Crippen LogP) is 2.53. The maximum absolute atomic E-state index is 13.3. The second kappa shape index (κ2) is 5.28. The third-order valence-corrected chi connectivity index (χ3v) is 6.85. The lowest BCUT2D eigenvalue weighted by Crippen LogP contribution is -2.34. The molecule has 2 aromatic rings. The maximum atomic E-state index is 13.3. The van der Waals surface area contributed by atoms with Crippen LogP contribution < -0.4 is 9.47 Å². The van der Waals surface area contributed by atoms with E-state index >= 15 is 0 Å². The average Bonchev–Trinajstić information content (AvgIpc) is 3.16. The van der Waals surface area contributed by atoms with Crippen LogP contribution in [0.15, 0.2) is 36.4 Å². The van der Waals surface area contributed by atoms with Crippen molar-refractivity contribution in [2.24, 2.45) is 5.41 Å². The molecule has 3 aliphatic carbocycles. The summed E-state index contributed by atoms with van der Waals surface area (Å²) in [6.45, 7) is 0. The van der Waals surface area contributed by atoms with Gasteiger partial charge in [-0.3, -0.25) is 9.59 Å². The highest BCUT2D eigenvalue weighted by Gasteiger charge is 2.96. The minimum absolute atomic E-state index is 0.352. The molecule has 6 nitrogen and oxygen atoms in total. The van der Waals surface area contributed by atoms with Crippen LogP contribution in [0, 0.1) is 5.41 Å². The molecule has 1 fully saturated rings. The topological polar surface area (TPSA) is 71.1 Å². The Kier molecular flexibility index (Phi) is 3.22. The molecular formula is C22H20O6. The van der Waals surface area contributed by atoms with Gasteiger partial charge in [0, 0.05) is 23.0 Å². The van der Waals surface area contributed by atoms with Gasteiger partial charge in [0.25, 0.3) is 0 Å². The molecule has 5 rings (SSSR count). The molecule has 3 aliphatic rings. The fraction of sp³-hybridized carbons (Fsp3) is 0.364. The normalized spacial score (nSPS) is 30.0. The Labute approximate surface area is 162 Å². The van der Waals surface area contributed by atoms with Gasteiger partial charge in [-0.15, -0.1) is 0 Å². The van der Waals surface area contributed by atoms with Crippen LogP contribution in [0.4, 0.5) is 0 Å². The summed E-state index contributed by atoms with van der Waals surface area (Å²) < 4.78 is 21.8. The van der Waals surface area contributed by atoms with E-state index in [-0.39, 0.29) is 11.8 Å². The van der Waals surface area contributed by atoms with Crippen molar-refractivity contribution in [1.29, 1.82) is 0 Å².